The predicted octanol–water partition coefficient (Wildman–Crippen LogP) is 2.99. The lowest BCUT2D eigenvalue weighted by molar-refractivity contribution is -0.117. The Morgan fingerprint density at radius 3 is 2.60 bits per heavy atom. The lowest BCUT2D eigenvalue weighted by atomic mass is 10.1. The molecule has 0 aromatic heterocycles. The van der Waals surface area contributed by atoms with E-state index >= 15 is 0 Å². The van der Waals surface area contributed by atoms with E-state index in [2.05, 4.69) is 5.32 Å². The van der Waals surface area contributed by atoms with Crippen molar-refractivity contribution in [3.63, 3.8) is 0 Å². The monoisotopic (exact) mass is 292 g/mol. The Bertz CT molecular complexity index is 604. The molecule has 0 heterocycles. The third-order valence-electron chi connectivity index (χ3n) is 2.82. The smallest absolute Gasteiger partial charge is 0.241 e. The lowest BCUT2D eigenvalue weighted by Gasteiger charge is -2.12. The minimum atomic E-state index is -0.679. The van der Waals surface area contributed by atoms with Crippen molar-refractivity contribution < 1.29 is 9.18 Å². The van der Waals surface area contributed by atoms with Crippen molar-refractivity contribution >= 4 is 23.2 Å². The largest absolute Gasteiger partial charge is 0.325 e. The second kappa shape index (κ2) is 6.50. The van der Waals surface area contributed by atoms with Crippen LogP contribution < -0.4 is 11.1 Å². The van der Waals surface area contributed by atoms with Crippen LogP contribution in [0.15, 0.2) is 48.5 Å². The molecule has 5 heteroatoms. The summed E-state index contributed by atoms with van der Waals surface area (Å²) in [5.74, 6) is -0.866. The van der Waals surface area contributed by atoms with Crippen molar-refractivity contribution in [2.45, 2.75) is 12.5 Å². The fraction of sp³-hybridized carbons (Fsp3) is 0.133. The van der Waals surface area contributed by atoms with Gasteiger partial charge >= 0.3 is 0 Å². The molecule has 0 saturated heterocycles. The van der Waals surface area contributed by atoms with Gasteiger partial charge in [-0.15, -0.1) is 0 Å². The average molecular weight is 293 g/mol. The highest BCUT2D eigenvalue weighted by Crippen LogP contribution is 2.19. The molecule has 0 saturated carbocycles. The highest BCUT2D eigenvalue weighted by Gasteiger charge is 2.14. The zero-order valence-corrected chi connectivity index (χ0v) is 11.4. The molecule has 0 aliphatic carbocycles. The average Bonchev–Trinajstić information content (AvgIpc) is 2.44. The zero-order valence-electron chi connectivity index (χ0n) is 10.6. The Balaban J connectivity index is 1.99. The Morgan fingerprint density at radius 2 is 1.95 bits per heavy atom. The van der Waals surface area contributed by atoms with E-state index in [1.54, 1.807) is 0 Å². The van der Waals surface area contributed by atoms with Crippen LogP contribution in [0.4, 0.5) is 10.1 Å². The van der Waals surface area contributed by atoms with Gasteiger partial charge in [-0.1, -0.05) is 41.9 Å². The predicted molar refractivity (Wildman–Crippen MR) is 78.2 cm³/mol. The van der Waals surface area contributed by atoms with Crippen molar-refractivity contribution in [1.82, 2.24) is 0 Å². The fourth-order valence-corrected chi connectivity index (χ4v) is 1.95. The molecule has 104 valence electrons. The molecule has 0 aliphatic heterocycles. The van der Waals surface area contributed by atoms with Gasteiger partial charge in [0.1, 0.15) is 5.82 Å². The number of carbonyl (C=O) groups excluding carboxylic acids is 1. The van der Waals surface area contributed by atoms with Crippen molar-refractivity contribution in [2.75, 3.05) is 5.32 Å². The number of amides is 1. The molecular formula is C15H14ClFN2O. The number of nitrogens with two attached hydrogens (primary N) is 1. The van der Waals surface area contributed by atoms with Crippen LogP contribution in [0.2, 0.25) is 5.02 Å². The molecule has 3 nitrogen and oxygen atoms in total. The fourth-order valence-electron chi connectivity index (χ4n) is 1.77. The Hall–Kier alpha value is -1.91. The van der Waals surface area contributed by atoms with Crippen LogP contribution in [0.3, 0.4) is 0 Å². The van der Waals surface area contributed by atoms with E-state index in [1.165, 1.54) is 18.2 Å². The third-order valence-corrected chi connectivity index (χ3v) is 3.11. The number of rotatable bonds is 4. The molecule has 2 aromatic carbocycles. The molecule has 0 bridgehead atoms. The lowest BCUT2D eigenvalue weighted by Crippen LogP contribution is -2.37. The van der Waals surface area contributed by atoms with E-state index in [4.69, 9.17) is 17.3 Å². The first-order valence-corrected chi connectivity index (χ1v) is 6.49. The van der Waals surface area contributed by atoms with Gasteiger partial charge in [-0.25, -0.2) is 4.39 Å². The molecule has 0 fully saturated rings. The second-order valence-corrected chi connectivity index (χ2v) is 4.82. The minimum Gasteiger partial charge on any atom is -0.325 e. The van der Waals surface area contributed by atoms with E-state index < -0.39 is 11.9 Å². The molecule has 2 aromatic rings. The molecule has 1 atom stereocenters. The van der Waals surface area contributed by atoms with Crippen LogP contribution in [-0.4, -0.2) is 11.9 Å². The van der Waals surface area contributed by atoms with Crippen LogP contribution in [0.5, 0.6) is 0 Å². The molecule has 0 aliphatic rings. The summed E-state index contributed by atoms with van der Waals surface area (Å²) in [5.41, 5.74) is 7.25. The first kappa shape index (κ1) is 14.5. The van der Waals surface area contributed by atoms with Crippen molar-refractivity contribution in [1.29, 1.82) is 0 Å². The van der Waals surface area contributed by atoms with Crippen LogP contribution in [0.25, 0.3) is 0 Å². The minimum absolute atomic E-state index is 0.0422. The van der Waals surface area contributed by atoms with Gasteiger partial charge in [0.25, 0.3) is 0 Å². The number of benzene rings is 2. The molecule has 2 rings (SSSR count). The standard InChI is InChI=1S/C15H14ClFN2O/c16-12-9-11(6-7-13(12)17)19-15(20)14(18)8-10-4-2-1-3-5-10/h1-7,9,14H,8,18H2,(H,19,20)/t14-/m1/s1. The van der Waals surface area contributed by atoms with Gasteiger partial charge in [-0.05, 0) is 30.2 Å². The topological polar surface area (TPSA) is 55.1 Å². The third kappa shape index (κ3) is 3.79. The van der Waals surface area contributed by atoms with Gasteiger partial charge < -0.3 is 11.1 Å². The summed E-state index contributed by atoms with van der Waals surface area (Å²) in [7, 11) is 0. The van der Waals surface area contributed by atoms with Gasteiger partial charge in [0.2, 0.25) is 5.91 Å². The molecule has 0 radical (unpaired) electrons. The number of carbonyl (C=O) groups is 1. The highest BCUT2D eigenvalue weighted by atomic mass is 35.5. The van der Waals surface area contributed by atoms with E-state index in [-0.39, 0.29) is 10.9 Å². The van der Waals surface area contributed by atoms with E-state index in [1.807, 2.05) is 30.3 Å². The first-order chi connectivity index (χ1) is 9.56. The normalized spacial score (nSPS) is 11.9. The molecular weight excluding hydrogens is 279 g/mol. The molecule has 1 amide bonds. The number of hydrogen-bond donors (Lipinski definition) is 2. The second-order valence-electron chi connectivity index (χ2n) is 4.41. The number of nitrogens with one attached hydrogen (secondary N) is 1. The van der Waals surface area contributed by atoms with Crippen molar-refractivity contribution in [2.24, 2.45) is 5.73 Å². The van der Waals surface area contributed by atoms with Crippen molar-refractivity contribution in [3.05, 3.63) is 64.9 Å². The summed E-state index contributed by atoms with van der Waals surface area (Å²) in [6.45, 7) is 0. The highest BCUT2D eigenvalue weighted by molar-refractivity contribution is 6.31. The SMILES string of the molecule is N[C@H](Cc1ccccc1)C(=O)Nc1ccc(F)c(Cl)c1. The van der Waals surface area contributed by atoms with Crippen LogP contribution in [-0.2, 0) is 11.2 Å². The molecule has 3 N–H and O–H groups in total. The van der Waals surface area contributed by atoms with Gasteiger partial charge in [-0.2, -0.15) is 0 Å². The molecule has 0 unspecified atom stereocenters. The maximum absolute atomic E-state index is 13.0. The molecule has 20 heavy (non-hydrogen) atoms. The molecule has 0 spiro atoms. The maximum Gasteiger partial charge on any atom is 0.241 e. The Morgan fingerprint density at radius 1 is 1.25 bits per heavy atom. The summed E-state index contributed by atoms with van der Waals surface area (Å²) in [4.78, 5) is 11.9. The number of halogens is 2. The van der Waals surface area contributed by atoms with E-state index in [9.17, 15) is 9.18 Å². The van der Waals surface area contributed by atoms with Crippen LogP contribution >= 0.6 is 11.6 Å². The van der Waals surface area contributed by atoms with Gasteiger partial charge in [0.15, 0.2) is 0 Å². The Kier molecular flexibility index (Phi) is 4.71. The van der Waals surface area contributed by atoms with Crippen molar-refractivity contribution in [3.8, 4) is 0 Å². The van der Waals surface area contributed by atoms with Gasteiger partial charge in [0, 0.05) is 5.69 Å². The van der Waals surface area contributed by atoms with Crippen LogP contribution in [0.1, 0.15) is 5.56 Å². The van der Waals surface area contributed by atoms with Gasteiger partial charge in [0.05, 0.1) is 11.1 Å². The van der Waals surface area contributed by atoms with Gasteiger partial charge in [-0.3, -0.25) is 4.79 Å². The van der Waals surface area contributed by atoms with Crippen LogP contribution in [0, 0.1) is 5.82 Å². The summed E-state index contributed by atoms with van der Waals surface area (Å²) in [6.07, 6.45) is 0.432. The summed E-state index contributed by atoms with van der Waals surface area (Å²) < 4.78 is 13.0. The zero-order chi connectivity index (χ0) is 14.5. The summed E-state index contributed by atoms with van der Waals surface area (Å²) in [5, 5.41) is 2.57. The number of anilines is 1. The maximum atomic E-state index is 13.0. The summed E-state index contributed by atoms with van der Waals surface area (Å²) in [6, 6.07) is 12.8. The Labute approximate surface area is 121 Å². The van der Waals surface area contributed by atoms with E-state index in [0.29, 0.717) is 12.1 Å². The van der Waals surface area contributed by atoms with E-state index in [0.717, 1.165) is 5.56 Å². The quantitative estimate of drug-likeness (QED) is 0.910. The first-order valence-electron chi connectivity index (χ1n) is 6.11. The number of hydrogen-bond acceptors (Lipinski definition) is 2. The summed E-state index contributed by atoms with van der Waals surface area (Å²) >= 11 is 5.65.